The lowest BCUT2D eigenvalue weighted by Gasteiger charge is -2.28. The Labute approximate surface area is 175 Å². The zero-order chi connectivity index (χ0) is 20.6. The lowest BCUT2D eigenvalue weighted by Crippen LogP contribution is -2.36. The van der Waals surface area contributed by atoms with Gasteiger partial charge in [-0.05, 0) is 61.8 Å². The summed E-state index contributed by atoms with van der Waals surface area (Å²) in [4.78, 5) is 25.9. The molecule has 2 aliphatic rings. The van der Waals surface area contributed by atoms with Crippen molar-refractivity contribution < 1.29 is 19.4 Å². The van der Waals surface area contributed by atoms with E-state index in [2.05, 4.69) is 6.92 Å². The van der Waals surface area contributed by atoms with Crippen molar-refractivity contribution in [2.75, 3.05) is 6.61 Å². The summed E-state index contributed by atoms with van der Waals surface area (Å²) in [5.41, 5.74) is 0.984. The molecular weight excluding hydrogens is 364 g/mol. The van der Waals surface area contributed by atoms with Gasteiger partial charge in [-0.3, -0.25) is 9.59 Å². The minimum atomic E-state index is -0.242. The molecule has 5 unspecified atom stereocenters. The van der Waals surface area contributed by atoms with Gasteiger partial charge < -0.3 is 9.84 Å². The molecule has 4 nitrogen and oxygen atoms in total. The number of carbonyl (C=O) groups excluding carboxylic acids is 2. The monoisotopic (exact) mass is 400 g/mol. The normalized spacial score (nSPS) is 26.4. The van der Waals surface area contributed by atoms with Gasteiger partial charge in [0.2, 0.25) is 0 Å². The Kier molecular flexibility index (Phi) is 8.29. The molecule has 5 atom stereocenters. The fraction of sp³-hybridized carbons (Fsp3) is 0.680. The summed E-state index contributed by atoms with van der Waals surface area (Å²) in [5, 5.41) is 9.23. The molecule has 2 aliphatic carbocycles. The van der Waals surface area contributed by atoms with Gasteiger partial charge in [-0.25, -0.2) is 0 Å². The first-order chi connectivity index (χ1) is 14.1. The maximum absolute atomic E-state index is 13.1. The second-order valence-corrected chi connectivity index (χ2v) is 9.00. The van der Waals surface area contributed by atoms with E-state index < -0.39 is 0 Å². The number of hydrogen-bond donors (Lipinski definition) is 1. The van der Waals surface area contributed by atoms with Crippen molar-refractivity contribution in [3.63, 3.8) is 0 Å². The molecule has 4 heteroatoms. The Morgan fingerprint density at radius 1 is 1.07 bits per heavy atom. The molecule has 0 amide bonds. The first kappa shape index (κ1) is 22.0. The van der Waals surface area contributed by atoms with E-state index in [1.165, 1.54) is 0 Å². The summed E-state index contributed by atoms with van der Waals surface area (Å²) < 4.78 is 5.63. The lowest BCUT2D eigenvalue weighted by atomic mass is 9.75. The SMILES string of the molecule is CCCC(CCO)CCCC(=O)C1C2CCC(C2)C1C(=O)OCc1ccccc1. The van der Waals surface area contributed by atoms with Crippen LogP contribution in [-0.4, -0.2) is 23.5 Å². The Morgan fingerprint density at radius 3 is 2.48 bits per heavy atom. The number of rotatable bonds is 12. The van der Waals surface area contributed by atoms with Crippen molar-refractivity contribution in [1.29, 1.82) is 0 Å². The number of aliphatic hydroxyl groups is 1. The Morgan fingerprint density at radius 2 is 1.79 bits per heavy atom. The van der Waals surface area contributed by atoms with Crippen LogP contribution in [0.2, 0.25) is 0 Å². The van der Waals surface area contributed by atoms with Gasteiger partial charge in [0.05, 0.1) is 5.92 Å². The van der Waals surface area contributed by atoms with Crippen LogP contribution in [0.25, 0.3) is 0 Å². The highest BCUT2D eigenvalue weighted by molar-refractivity contribution is 5.88. The van der Waals surface area contributed by atoms with Gasteiger partial charge in [0.25, 0.3) is 0 Å². The first-order valence-electron chi connectivity index (χ1n) is 11.5. The van der Waals surface area contributed by atoms with Crippen molar-refractivity contribution in [3.8, 4) is 0 Å². The molecule has 29 heavy (non-hydrogen) atoms. The third kappa shape index (κ3) is 5.69. The molecule has 2 bridgehead atoms. The quantitative estimate of drug-likeness (QED) is 0.505. The number of ketones is 1. The van der Waals surface area contributed by atoms with Gasteiger partial charge in [0, 0.05) is 18.9 Å². The number of esters is 1. The molecule has 0 heterocycles. The highest BCUT2D eigenvalue weighted by atomic mass is 16.5. The molecule has 1 aromatic rings. The minimum absolute atomic E-state index is 0.139. The van der Waals surface area contributed by atoms with Crippen LogP contribution >= 0.6 is 0 Å². The van der Waals surface area contributed by atoms with Crippen LogP contribution in [0.1, 0.15) is 70.3 Å². The molecule has 1 N–H and O–H groups in total. The Hall–Kier alpha value is -1.68. The van der Waals surface area contributed by atoms with Gasteiger partial charge in [-0.1, -0.05) is 50.1 Å². The van der Waals surface area contributed by atoms with Gasteiger partial charge in [-0.2, -0.15) is 0 Å². The standard InChI is InChI=1S/C25H36O4/c1-2-7-18(14-15-26)10-6-11-22(27)23-20-12-13-21(16-20)24(23)25(28)29-17-19-8-4-3-5-9-19/h3-5,8-9,18,20-21,23-24,26H,2,6-7,10-17H2,1H3. The fourth-order valence-electron chi connectivity index (χ4n) is 5.67. The van der Waals surface area contributed by atoms with Crippen molar-refractivity contribution >= 4 is 11.8 Å². The summed E-state index contributed by atoms with van der Waals surface area (Å²) in [7, 11) is 0. The molecule has 0 aliphatic heterocycles. The summed E-state index contributed by atoms with van der Waals surface area (Å²) in [6.45, 7) is 2.67. The largest absolute Gasteiger partial charge is 0.461 e. The molecule has 3 rings (SSSR count). The number of Topliss-reactive ketones (excluding diaryl/α,β-unsaturated/α-hetero) is 1. The first-order valence-corrected chi connectivity index (χ1v) is 11.5. The van der Waals surface area contributed by atoms with Crippen LogP contribution in [0.4, 0.5) is 0 Å². The second kappa shape index (κ2) is 10.9. The van der Waals surface area contributed by atoms with Crippen LogP contribution in [0, 0.1) is 29.6 Å². The highest BCUT2D eigenvalue weighted by Crippen LogP contribution is 2.53. The Bertz CT molecular complexity index is 650. The predicted molar refractivity (Wildman–Crippen MR) is 113 cm³/mol. The van der Waals surface area contributed by atoms with Crippen LogP contribution in [-0.2, 0) is 20.9 Å². The van der Waals surface area contributed by atoms with Gasteiger partial charge >= 0.3 is 5.97 Å². The van der Waals surface area contributed by atoms with Crippen LogP contribution in [0.5, 0.6) is 0 Å². The number of carbonyl (C=O) groups is 2. The summed E-state index contributed by atoms with van der Waals surface area (Å²) >= 11 is 0. The number of aliphatic hydroxyl groups excluding tert-OH is 1. The van der Waals surface area contributed by atoms with E-state index >= 15 is 0 Å². The van der Waals surface area contributed by atoms with E-state index in [1.54, 1.807) is 0 Å². The maximum Gasteiger partial charge on any atom is 0.310 e. The second-order valence-electron chi connectivity index (χ2n) is 9.00. The van der Waals surface area contributed by atoms with E-state index in [1.807, 2.05) is 30.3 Å². The zero-order valence-corrected chi connectivity index (χ0v) is 17.7. The number of fused-ring (bicyclic) bond motifs is 2. The molecular formula is C25H36O4. The molecule has 2 saturated carbocycles. The average Bonchev–Trinajstić information content (AvgIpc) is 3.35. The summed E-state index contributed by atoms with van der Waals surface area (Å²) in [5.74, 6) is 0.893. The van der Waals surface area contributed by atoms with Crippen molar-refractivity contribution in [2.45, 2.75) is 71.3 Å². The molecule has 0 aromatic heterocycles. The molecule has 1 aromatic carbocycles. The number of ether oxygens (including phenoxy) is 1. The summed E-state index contributed by atoms with van der Waals surface area (Å²) in [6, 6.07) is 9.73. The van der Waals surface area contributed by atoms with Crippen molar-refractivity contribution in [2.24, 2.45) is 29.6 Å². The van der Waals surface area contributed by atoms with E-state index in [-0.39, 0.29) is 36.8 Å². The smallest absolute Gasteiger partial charge is 0.310 e. The van der Waals surface area contributed by atoms with Crippen LogP contribution in [0.15, 0.2) is 30.3 Å². The van der Waals surface area contributed by atoms with Crippen LogP contribution < -0.4 is 0 Å². The van der Waals surface area contributed by atoms with E-state index in [4.69, 9.17) is 4.74 Å². The van der Waals surface area contributed by atoms with E-state index in [0.29, 0.717) is 24.2 Å². The Balaban J connectivity index is 1.53. The van der Waals surface area contributed by atoms with Gasteiger partial charge in [0.15, 0.2) is 0 Å². The predicted octanol–water partition coefficient (Wildman–Crippen LogP) is 4.93. The van der Waals surface area contributed by atoms with E-state index in [9.17, 15) is 14.7 Å². The lowest BCUT2D eigenvalue weighted by molar-refractivity contribution is -0.156. The molecule has 0 spiro atoms. The average molecular weight is 401 g/mol. The molecule has 160 valence electrons. The van der Waals surface area contributed by atoms with Crippen molar-refractivity contribution in [3.05, 3.63) is 35.9 Å². The highest BCUT2D eigenvalue weighted by Gasteiger charge is 2.53. The minimum Gasteiger partial charge on any atom is -0.461 e. The van der Waals surface area contributed by atoms with Gasteiger partial charge in [-0.15, -0.1) is 0 Å². The number of benzene rings is 1. The molecule has 0 saturated heterocycles. The van der Waals surface area contributed by atoms with Crippen LogP contribution in [0.3, 0.4) is 0 Å². The van der Waals surface area contributed by atoms with E-state index in [0.717, 1.165) is 56.9 Å². The molecule has 0 radical (unpaired) electrons. The van der Waals surface area contributed by atoms with Crippen molar-refractivity contribution in [1.82, 2.24) is 0 Å². The molecule has 2 fully saturated rings. The third-order valence-electron chi connectivity index (χ3n) is 7.05. The topological polar surface area (TPSA) is 63.6 Å². The summed E-state index contributed by atoms with van der Waals surface area (Å²) in [6.07, 6.45) is 8.59. The third-order valence-corrected chi connectivity index (χ3v) is 7.05. The zero-order valence-electron chi connectivity index (χ0n) is 17.7. The van der Waals surface area contributed by atoms with Gasteiger partial charge in [0.1, 0.15) is 12.4 Å². The maximum atomic E-state index is 13.1. The number of hydrogen-bond acceptors (Lipinski definition) is 4. The fourth-order valence-corrected chi connectivity index (χ4v) is 5.67.